The van der Waals surface area contributed by atoms with Crippen LogP contribution in [-0.2, 0) is 13.2 Å². The molecule has 104 valence electrons. The minimum Gasteiger partial charge on any atom is -0.489 e. The molecule has 3 rings (SSSR count). The van der Waals surface area contributed by atoms with Gasteiger partial charge >= 0.3 is 0 Å². The lowest BCUT2D eigenvalue weighted by Crippen LogP contribution is -2.15. The van der Waals surface area contributed by atoms with E-state index in [1.165, 1.54) is 24.0 Å². The summed E-state index contributed by atoms with van der Waals surface area (Å²) in [5, 5.41) is 4.22. The fraction of sp³-hybridized carbons (Fsp3) is 0.294. The number of nitrogens with one attached hydrogen (secondary N) is 1. The standard InChI is InChI=1S/C17H18ClNO/c18-15-5-2-6-17(10-15)20-12-14-4-1-3-13(9-14)11-19-16-7-8-16/h1-6,9-10,16,19H,7-8,11-12H2. The molecule has 0 radical (unpaired) electrons. The van der Waals surface area contributed by atoms with Crippen molar-refractivity contribution in [3.8, 4) is 5.75 Å². The molecular formula is C17H18ClNO. The van der Waals surface area contributed by atoms with E-state index in [-0.39, 0.29) is 0 Å². The van der Waals surface area contributed by atoms with Crippen molar-refractivity contribution in [1.82, 2.24) is 5.32 Å². The molecule has 1 aliphatic carbocycles. The van der Waals surface area contributed by atoms with Crippen LogP contribution in [0.25, 0.3) is 0 Å². The van der Waals surface area contributed by atoms with E-state index in [0.29, 0.717) is 11.6 Å². The molecular weight excluding hydrogens is 270 g/mol. The summed E-state index contributed by atoms with van der Waals surface area (Å²) in [7, 11) is 0. The lowest BCUT2D eigenvalue weighted by atomic mass is 10.1. The van der Waals surface area contributed by atoms with Crippen molar-refractivity contribution in [1.29, 1.82) is 0 Å². The molecule has 2 nitrogen and oxygen atoms in total. The zero-order chi connectivity index (χ0) is 13.8. The van der Waals surface area contributed by atoms with Gasteiger partial charge in [0, 0.05) is 17.6 Å². The molecule has 0 heterocycles. The van der Waals surface area contributed by atoms with Gasteiger partial charge in [-0.15, -0.1) is 0 Å². The maximum absolute atomic E-state index is 5.94. The monoisotopic (exact) mass is 287 g/mol. The van der Waals surface area contributed by atoms with Gasteiger partial charge in [-0.1, -0.05) is 41.9 Å². The second-order valence-corrected chi connectivity index (χ2v) is 5.66. The van der Waals surface area contributed by atoms with Gasteiger partial charge in [0.05, 0.1) is 0 Å². The van der Waals surface area contributed by atoms with Gasteiger partial charge in [0.2, 0.25) is 0 Å². The number of hydrogen-bond acceptors (Lipinski definition) is 2. The first kappa shape index (κ1) is 13.5. The molecule has 0 bridgehead atoms. The summed E-state index contributed by atoms with van der Waals surface area (Å²) < 4.78 is 5.76. The van der Waals surface area contributed by atoms with E-state index in [2.05, 4.69) is 29.6 Å². The van der Waals surface area contributed by atoms with E-state index in [9.17, 15) is 0 Å². The molecule has 1 saturated carbocycles. The van der Waals surface area contributed by atoms with E-state index in [1.54, 1.807) is 0 Å². The van der Waals surface area contributed by atoms with Crippen molar-refractivity contribution in [2.75, 3.05) is 0 Å². The first-order valence-electron chi connectivity index (χ1n) is 6.99. The minimum atomic E-state index is 0.567. The van der Waals surface area contributed by atoms with Crippen molar-refractivity contribution < 1.29 is 4.74 Å². The fourth-order valence-corrected chi connectivity index (χ4v) is 2.28. The van der Waals surface area contributed by atoms with Crippen LogP contribution in [0.4, 0.5) is 0 Å². The van der Waals surface area contributed by atoms with E-state index in [1.807, 2.05) is 24.3 Å². The molecule has 20 heavy (non-hydrogen) atoms. The zero-order valence-corrected chi connectivity index (χ0v) is 12.1. The Morgan fingerprint density at radius 3 is 2.65 bits per heavy atom. The molecule has 0 unspecified atom stereocenters. The SMILES string of the molecule is Clc1cccc(OCc2cccc(CNC3CC3)c2)c1. The molecule has 0 aliphatic heterocycles. The molecule has 0 atom stereocenters. The molecule has 1 aliphatic rings. The van der Waals surface area contributed by atoms with Crippen molar-refractivity contribution in [3.63, 3.8) is 0 Å². The molecule has 3 heteroatoms. The third-order valence-corrected chi connectivity index (χ3v) is 3.60. The first-order chi connectivity index (χ1) is 9.79. The van der Waals surface area contributed by atoms with Gasteiger partial charge in [0.25, 0.3) is 0 Å². The Labute approximate surface area is 124 Å². The molecule has 2 aromatic rings. The highest BCUT2D eigenvalue weighted by Crippen LogP contribution is 2.20. The maximum Gasteiger partial charge on any atom is 0.121 e. The zero-order valence-electron chi connectivity index (χ0n) is 11.3. The summed E-state index contributed by atoms with van der Waals surface area (Å²) in [6.45, 7) is 1.51. The number of ether oxygens (including phenoxy) is 1. The Morgan fingerprint density at radius 1 is 1.05 bits per heavy atom. The number of halogens is 1. The number of hydrogen-bond donors (Lipinski definition) is 1. The van der Waals surface area contributed by atoms with Crippen LogP contribution in [0.5, 0.6) is 5.75 Å². The summed E-state index contributed by atoms with van der Waals surface area (Å²) in [5.74, 6) is 0.805. The van der Waals surface area contributed by atoms with Crippen LogP contribution in [0.1, 0.15) is 24.0 Å². The molecule has 0 amide bonds. The summed E-state index contributed by atoms with van der Waals surface area (Å²) in [6, 6.07) is 16.8. The summed E-state index contributed by atoms with van der Waals surface area (Å²) in [5.41, 5.74) is 2.49. The summed E-state index contributed by atoms with van der Waals surface area (Å²) in [4.78, 5) is 0. The fourth-order valence-electron chi connectivity index (χ4n) is 2.10. The second-order valence-electron chi connectivity index (χ2n) is 5.22. The van der Waals surface area contributed by atoms with E-state index in [0.717, 1.165) is 18.3 Å². The third-order valence-electron chi connectivity index (χ3n) is 3.37. The van der Waals surface area contributed by atoms with Crippen molar-refractivity contribution >= 4 is 11.6 Å². The van der Waals surface area contributed by atoms with Crippen LogP contribution in [-0.4, -0.2) is 6.04 Å². The van der Waals surface area contributed by atoms with Gasteiger partial charge in [-0.2, -0.15) is 0 Å². The quantitative estimate of drug-likeness (QED) is 0.861. The van der Waals surface area contributed by atoms with Crippen molar-refractivity contribution in [2.45, 2.75) is 32.0 Å². The summed E-state index contributed by atoms with van der Waals surface area (Å²) in [6.07, 6.45) is 2.63. The van der Waals surface area contributed by atoms with Gasteiger partial charge in [0.15, 0.2) is 0 Å². The topological polar surface area (TPSA) is 21.3 Å². The predicted octanol–water partition coefficient (Wildman–Crippen LogP) is 4.17. The van der Waals surface area contributed by atoms with Crippen LogP contribution >= 0.6 is 11.6 Å². The molecule has 0 aromatic heterocycles. The van der Waals surface area contributed by atoms with Crippen molar-refractivity contribution in [3.05, 3.63) is 64.7 Å². The largest absolute Gasteiger partial charge is 0.489 e. The maximum atomic E-state index is 5.94. The van der Waals surface area contributed by atoms with E-state index < -0.39 is 0 Å². The Kier molecular flexibility index (Phi) is 4.24. The van der Waals surface area contributed by atoms with Gasteiger partial charge in [0.1, 0.15) is 12.4 Å². The second kappa shape index (κ2) is 6.29. The average molecular weight is 288 g/mol. The van der Waals surface area contributed by atoms with Crippen LogP contribution in [0.2, 0.25) is 5.02 Å². The highest BCUT2D eigenvalue weighted by atomic mass is 35.5. The Morgan fingerprint density at radius 2 is 1.85 bits per heavy atom. The van der Waals surface area contributed by atoms with Crippen LogP contribution in [0.3, 0.4) is 0 Å². The van der Waals surface area contributed by atoms with Crippen LogP contribution in [0, 0.1) is 0 Å². The highest BCUT2D eigenvalue weighted by molar-refractivity contribution is 6.30. The van der Waals surface area contributed by atoms with E-state index in [4.69, 9.17) is 16.3 Å². The van der Waals surface area contributed by atoms with E-state index >= 15 is 0 Å². The molecule has 1 fully saturated rings. The Balaban J connectivity index is 1.57. The normalized spacial score (nSPS) is 14.2. The third kappa shape index (κ3) is 3.99. The van der Waals surface area contributed by atoms with Gasteiger partial charge < -0.3 is 10.1 Å². The average Bonchev–Trinajstić information content (AvgIpc) is 3.28. The Bertz CT molecular complexity index is 581. The molecule has 2 aromatic carbocycles. The smallest absolute Gasteiger partial charge is 0.121 e. The minimum absolute atomic E-state index is 0.567. The van der Waals surface area contributed by atoms with Gasteiger partial charge in [-0.25, -0.2) is 0 Å². The molecule has 1 N–H and O–H groups in total. The van der Waals surface area contributed by atoms with Crippen LogP contribution < -0.4 is 10.1 Å². The summed E-state index contributed by atoms with van der Waals surface area (Å²) >= 11 is 5.94. The number of benzene rings is 2. The number of rotatable bonds is 6. The Hall–Kier alpha value is -1.51. The first-order valence-corrected chi connectivity index (χ1v) is 7.37. The van der Waals surface area contributed by atoms with Crippen molar-refractivity contribution in [2.24, 2.45) is 0 Å². The highest BCUT2D eigenvalue weighted by Gasteiger charge is 2.19. The van der Waals surface area contributed by atoms with Gasteiger partial charge in [-0.05, 0) is 42.2 Å². The predicted molar refractivity (Wildman–Crippen MR) is 82.1 cm³/mol. The lowest BCUT2D eigenvalue weighted by molar-refractivity contribution is 0.306. The molecule has 0 saturated heterocycles. The lowest BCUT2D eigenvalue weighted by Gasteiger charge is -2.09. The molecule has 0 spiro atoms. The van der Waals surface area contributed by atoms with Gasteiger partial charge in [-0.3, -0.25) is 0 Å². The van der Waals surface area contributed by atoms with Crippen LogP contribution in [0.15, 0.2) is 48.5 Å².